The Morgan fingerprint density at radius 1 is 1.62 bits per heavy atom. The van der Waals surface area contributed by atoms with Crippen LogP contribution in [0.5, 0.6) is 0 Å². The minimum absolute atomic E-state index is 0.0741. The lowest BCUT2D eigenvalue weighted by atomic mass is 10.1. The summed E-state index contributed by atoms with van der Waals surface area (Å²) in [6, 6.07) is 3.74. The third-order valence-electron chi connectivity index (χ3n) is 2.69. The molecule has 1 aromatic rings. The average molecular weight is 178 g/mol. The highest BCUT2D eigenvalue weighted by molar-refractivity contribution is 5.26. The molecule has 0 atom stereocenters. The maximum atomic E-state index is 11.8. The molecule has 2 rings (SSSR count). The van der Waals surface area contributed by atoms with Gasteiger partial charge in [-0.05, 0) is 25.8 Å². The van der Waals surface area contributed by atoms with E-state index in [0.717, 1.165) is 18.4 Å². The molecule has 1 aliphatic carbocycles. The monoisotopic (exact) mass is 178 g/mol. The summed E-state index contributed by atoms with van der Waals surface area (Å²) in [7, 11) is 0. The fourth-order valence-electron chi connectivity index (χ4n) is 1.57. The van der Waals surface area contributed by atoms with Gasteiger partial charge in [0.05, 0.1) is 0 Å². The van der Waals surface area contributed by atoms with Gasteiger partial charge in [0.1, 0.15) is 0 Å². The molecule has 0 amide bonds. The number of rotatable bonds is 2. The van der Waals surface area contributed by atoms with Gasteiger partial charge < -0.3 is 10.3 Å². The molecule has 0 saturated heterocycles. The van der Waals surface area contributed by atoms with Gasteiger partial charge in [0.25, 0.3) is 5.56 Å². The Morgan fingerprint density at radius 3 is 2.85 bits per heavy atom. The number of hydrogen-bond acceptors (Lipinski definition) is 2. The van der Waals surface area contributed by atoms with Gasteiger partial charge in [-0.3, -0.25) is 4.79 Å². The van der Waals surface area contributed by atoms with Crippen LogP contribution in [0.25, 0.3) is 0 Å². The molecular weight excluding hydrogens is 164 g/mol. The molecule has 0 unspecified atom stereocenters. The minimum atomic E-state index is -0.310. The highest BCUT2D eigenvalue weighted by Crippen LogP contribution is 2.40. The first-order valence-corrected chi connectivity index (χ1v) is 4.66. The van der Waals surface area contributed by atoms with Gasteiger partial charge in [-0.2, -0.15) is 0 Å². The van der Waals surface area contributed by atoms with Crippen molar-refractivity contribution in [2.45, 2.75) is 31.8 Å². The number of nitrogens with two attached hydrogens (primary N) is 1. The molecule has 3 heteroatoms. The lowest BCUT2D eigenvalue weighted by Crippen LogP contribution is -2.31. The summed E-state index contributed by atoms with van der Waals surface area (Å²) >= 11 is 0. The Morgan fingerprint density at radius 2 is 2.31 bits per heavy atom. The molecule has 0 radical (unpaired) electrons. The number of nitrogens with zero attached hydrogens (tertiary/aromatic N) is 1. The van der Waals surface area contributed by atoms with Crippen LogP contribution in [0.2, 0.25) is 0 Å². The van der Waals surface area contributed by atoms with Crippen LogP contribution in [0.1, 0.15) is 25.3 Å². The van der Waals surface area contributed by atoms with Gasteiger partial charge in [0, 0.05) is 23.8 Å². The second-order valence-electron chi connectivity index (χ2n) is 3.67. The van der Waals surface area contributed by atoms with Gasteiger partial charge in [-0.1, -0.05) is 6.07 Å². The second kappa shape index (κ2) is 2.70. The Kier molecular flexibility index (Phi) is 1.77. The van der Waals surface area contributed by atoms with Crippen molar-refractivity contribution in [2.75, 3.05) is 0 Å². The first-order chi connectivity index (χ1) is 6.17. The van der Waals surface area contributed by atoms with Crippen molar-refractivity contribution in [1.82, 2.24) is 4.57 Å². The van der Waals surface area contributed by atoms with Gasteiger partial charge in [0.2, 0.25) is 0 Å². The van der Waals surface area contributed by atoms with E-state index in [4.69, 9.17) is 5.73 Å². The van der Waals surface area contributed by atoms with Crippen LogP contribution < -0.4 is 11.3 Å². The van der Waals surface area contributed by atoms with Crippen LogP contribution in [0.3, 0.4) is 0 Å². The predicted octanol–water partition coefficient (Wildman–Crippen LogP) is 0.816. The molecule has 0 aliphatic heterocycles. The van der Waals surface area contributed by atoms with Crippen molar-refractivity contribution < 1.29 is 0 Å². The molecule has 1 aromatic heterocycles. The molecule has 0 spiro atoms. The average Bonchev–Trinajstić information content (AvgIpc) is 2.85. The summed E-state index contributed by atoms with van der Waals surface area (Å²) in [5, 5.41) is 0. The van der Waals surface area contributed by atoms with Crippen LogP contribution in [-0.4, -0.2) is 4.57 Å². The summed E-state index contributed by atoms with van der Waals surface area (Å²) in [6.07, 6.45) is 3.68. The van der Waals surface area contributed by atoms with Crippen molar-refractivity contribution in [1.29, 1.82) is 0 Å². The first kappa shape index (κ1) is 8.51. The topological polar surface area (TPSA) is 48.0 Å². The number of aryl methyl sites for hydroxylation is 1. The number of hydrogen-bond donors (Lipinski definition) is 1. The maximum Gasteiger partial charge on any atom is 0.255 e. The van der Waals surface area contributed by atoms with Crippen LogP contribution in [0, 0.1) is 0 Å². The smallest absolute Gasteiger partial charge is 0.255 e. The third-order valence-corrected chi connectivity index (χ3v) is 2.69. The van der Waals surface area contributed by atoms with Gasteiger partial charge in [-0.15, -0.1) is 0 Å². The van der Waals surface area contributed by atoms with Crippen molar-refractivity contribution in [2.24, 2.45) is 5.73 Å². The van der Waals surface area contributed by atoms with E-state index in [1.807, 2.05) is 19.1 Å². The van der Waals surface area contributed by atoms with E-state index in [-0.39, 0.29) is 11.1 Å². The molecule has 70 valence electrons. The Balaban J connectivity index is 2.53. The Hall–Kier alpha value is -1.09. The van der Waals surface area contributed by atoms with Crippen molar-refractivity contribution >= 4 is 0 Å². The summed E-state index contributed by atoms with van der Waals surface area (Å²) in [5.41, 5.74) is 6.52. The van der Waals surface area contributed by atoms with E-state index in [0.29, 0.717) is 6.54 Å². The molecule has 1 saturated carbocycles. The maximum absolute atomic E-state index is 11.8. The van der Waals surface area contributed by atoms with Crippen molar-refractivity contribution in [3.63, 3.8) is 0 Å². The van der Waals surface area contributed by atoms with E-state index in [9.17, 15) is 4.79 Å². The number of aromatic nitrogens is 1. The normalized spacial score (nSPS) is 18.6. The molecule has 2 N–H and O–H groups in total. The van der Waals surface area contributed by atoms with Crippen molar-refractivity contribution in [3.05, 3.63) is 34.2 Å². The quantitative estimate of drug-likeness (QED) is 0.728. The van der Waals surface area contributed by atoms with E-state index in [1.54, 1.807) is 10.8 Å². The highest BCUT2D eigenvalue weighted by Gasteiger charge is 2.42. The molecule has 1 fully saturated rings. The molecule has 1 aliphatic rings. The molecular formula is C10H14N2O. The van der Waals surface area contributed by atoms with Crippen LogP contribution in [0.4, 0.5) is 0 Å². The van der Waals surface area contributed by atoms with Gasteiger partial charge >= 0.3 is 0 Å². The Bertz CT molecular complexity index is 377. The lowest BCUT2D eigenvalue weighted by molar-refractivity contribution is 0.665. The zero-order valence-electron chi connectivity index (χ0n) is 7.79. The summed E-state index contributed by atoms with van der Waals surface area (Å²) in [5.74, 6) is 0. The zero-order chi connectivity index (χ0) is 9.47. The van der Waals surface area contributed by atoms with E-state index < -0.39 is 0 Å². The molecule has 3 nitrogen and oxygen atoms in total. The van der Waals surface area contributed by atoms with E-state index in [2.05, 4.69) is 0 Å². The first-order valence-electron chi connectivity index (χ1n) is 4.66. The van der Waals surface area contributed by atoms with Crippen LogP contribution in [0.15, 0.2) is 23.1 Å². The van der Waals surface area contributed by atoms with E-state index in [1.165, 1.54) is 0 Å². The molecule has 0 bridgehead atoms. The van der Waals surface area contributed by atoms with E-state index >= 15 is 0 Å². The summed E-state index contributed by atoms with van der Waals surface area (Å²) in [6.45, 7) is 2.67. The highest BCUT2D eigenvalue weighted by atomic mass is 16.1. The predicted molar refractivity (Wildman–Crippen MR) is 51.5 cm³/mol. The largest absolute Gasteiger partial charge is 0.321 e. The molecule has 1 heterocycles. The fraction of sp³-hybridized carbons (Fsp3) is 0.500. The van der Waals surface area contributed by atoms with Crippen molar-refractivity contribution in [3.8, 4) is 0 Å². The zero-order valence-corrected chi connectivity index (χ0v) is 7.79. The van der Waals surface area contributed by atoms with Crippen LogP contribution >= 0.6 is 0 Å². The molecule has 0 aromatic carbocycles. The van der Waals surface area contributed by atoms with Gasteiger partial charge in [0.15, 0.2) is 0 Å². The molecule has 13 heavy (non-hydrogen) atoms. The number of pyridine rings is 1. The SMILES string of the molecule is CCn1cccc(C2(N)CC2)c1=O. The second-order valence-corrected chi connectivity index (χ2v) is 3.67. The standard InChI is InChI=1S/C10H14N2O/c1-2-12-7-3-4-8(9(12)13)10(11)5-6-10/h3-4,7H,2,5-6,11H2,1H3. The fourth-order valence-corrected chi connectivity index (χ4v) is 1.57. The Labute approximate surface area is 77.2 Å². The van der Waals surface area contributed by atoms with Gasteiger partial charge in [-0.25, -0.2) is 0 Å². The van der Waals surface area contributed by atoms with Crippen LogP contribution in [-0.2, 0) is 12.1 Å². The third kappa shape index (κ3) is 1.29. The minimum Gasteiger partial charge on any atom is -0.321 e. The summed E-state index contributed by atoms with van der Waals surface area (Å²) < 4.78 is 1.70. The lowest BCUT2D eigenvalue weighted by Gasteiger charge is -2.10. The summed E-state index contributed by atoms with van der Waals surface area (Å²) in [4.78, 5) is 11.8.